The molecule has 0 aliphatic heterocycles. The second-order valence-corrected chi connectivity index (χ2v) is 16.0. The van der Waals surface area contributed by atoms with Crippen LogP contribution in [-0.4, -0.2) is 50.4 Å². The van der Waals surface area contributed by atoms with Crippen LogP contribution in [0.25, 0.3) is 6.08 Å². The number of allylic oxidation sites excluding steroid dienone is 2. The van der Waals surface area contributed by atoms with Crippen LogP contribution in [0.4, 0.5) is 10.1 Å². The molecule has 6 nitrogen and oxygen atoms in total. The Morgan fingerprint density at radius 1 is 0.800 bits per heavy atom. The molecular formula is C57H97FN6S. The molecule has 3 N–H and O–H groups in total. The number of hydrogen-bond donors (Lipinski definition) is 3. The standard InChI is InChI=1S/C24H31N3S.C16H25FN2.C9H17N.4C2H6/c1-9-10-22(18(6)27-26-15(2)3)25-24(21-13-11-16(4)12-14-21)23-17(5)19(7)28-20(23)8;1-4-13-11-14(17)12-16(15(13)5-2)19-10-8-6-7-9-18-3;1-5-6-7-8(2)9(3)10-4;4*1-2/h9,11-14,22H,1,10H2,2-8H3;4,11-12,18-19H,1,5-10H2,2-3H3;5,8,10H,1,3,6-7H2,2,4H3;4*1-2H3/b25-24?,27-18+;;;;;;. The van der Waals surface area contributed by atoms with Gasteiger partial charge in [0.25, 0.3) is 0 Å². The van der Waals surface area contributed by atoms with E-state index in [1.165, 1.54) is 39.3 Å². The molecule has 0 fully saturated rings. The van der Waals surface area contributed by atoms with Gasteiger partial charge < -0.3 is 16.0 Å². The molecule has 0 aliphatic rings. The van der Waals surface area contributed by atoms with Gasteiger partial charge in [0.05, 0.1) is 17.5 Å². The molecule has 1 aromatic heterocycles. The first kappa shape index (κ1) is 67.2. The average Bonchev–Trinajstić information content (AvgIpc) is 3.58. The van der Waals surface area contributed by atoms with E-state index in [0.717, 1.165) is 90.4 Å². The molecule has 368 valence electrons. The third-order valence-corrected chi connectivity index (χ3v) is 10.8. The summed E-state index contributed by atoms with van der Waals surface area (Å²) in [5.41, 5.74) is 11.8. The van der Waals surface area contributed by atoms with Crippen molar-refractivity contribution in [3.05, 3.63) is 130 Å². The molecule has 0 radical (unpaired) electrons. The predicted octanol–water partition coefficient (Wildman–Crippen LogP) is 16.9. The molecule has 0 amide bonds. The van der Waals surface area contributed by atoms with Crippen LogP contribution >= 0.6 is 11.3 Å². The van der Waals surface area contributed by atoms with Gasteiger partial charge in [-0.15, -0.1) is 24.5 Å². The van der Waals surface area contributed by atoms with Crippen LogP contribution in [0.15, 0.2) is 95.8 Å². The molecule has 8 heteroatoms. The number of unbranched alkanes of at least 4 members (excludes halogenated alkanes) is 2. The molecule has 0 bridgehead atoms. The zero-order valence-electron chi connectivity index (χ0n) is 45.2. The van der Waals surface area contributed by atoms with Gasteiger partial charge in [-0.05, 0) is 135 Å². The van der Waals surface area contributed by atoms with Crippen LogP contribution < -0.4 is 16.0 Å². The van der Waals surface area contributed by atoms with Gasteiger partial charge in [-0.3, -0.25) is 4.99 Å². The maximum absolute atomic E-state index is 13.5. The molecule has 3 rings (SSSR count). The Morgan fingerprint density at radius 3 is 1.85 bits per heavy atom. The third-order valence-electron chi connectivity index (χ3n) is 9.65. The first-order chi connectivity index (χ1) is 31.2. The highest BCUT2D eigenvalue weighted by atomic mass is 32.1. The van der Waals surface area contributed by atoms with Crippen molar-refractivity contribution in [3.8, 4) is 0 Å². The van der Waals surface area contributed by atoms with E-state index in [-0.39, 0.29) is 11.9 Å². The minimum Gasteiger partial charge on any atom is -0.392 e. The normalized spacial score (nSPS) is 11.1. The van der Waals surface area contributed by atoms with Crippen LogP contribution in [0.2, 0.25) is 0 Å². The SMILES string of the molecule is C=CCC(N=C(c1ccc(C)cc1)c1c(C)sc(C)c1C)/C(C)=N/N=C(C)C.C=CCCC(C)C(=C)NC.C=Cc1cc(F)cc(NCCCCCNC)c1CC.CC.CC.CC.CC. The van der Waals surface area contributed by atoms with Crippen molar-refractivity contribution in [3.63, 3.8) is 0 Å². The Balaban J connectivity index is -0.000000434. The number of aryl methyl sites for hydroxylation is 3. The van der Waals surface area contributed by atoms with E-state index in [1.54, 1.807) is 18.2 Å². The van der Waals surface area contributed by atoms with Crippen LogP contribution in [0.5, 0.6) is 0 Å². The van der Waals surface area contributed by atoms with Crippen molar-refractivity contribution in [1.82, 2.24) is 10.6 Å². The van der Waals surface area contributed by atoms with Crippen molar-refractivity contribution in [2.75, 3.05) is 32.5 Å². The van der Waals surface area contributed by atoms with E-state index in [9.17, 15) is 4.39 Å². The first-order valence-corrected chi connectivity index (χ1v) is 25.2. The Morgan fingerprint density at radius 2 is 1.38 bits per heavy atom. The highest BCUT2D eigenvalue weighted by molar-refractivity contribution is 7.12. The Bertz CT molecular complexity index is 1790. The first-order valence-electron chi connectivity index (χ1n) is 24.4. The number of rotatable bonds is 21. The summed E-state index contributed by atoms with van der Waals surface area (Å²) in [6, 6.07) is 11.6. The third kappa shape index (κ3) is 28.3. The van der Waals surface area contributed by atoms with Crippen molar-refractivity contribution >= 4 is 40.2 Å². The minimum absolute atomic E-state index is 0.0871. The summed E-state index contributed by atoms with van der Waals surface area (Å²) in [5, 5.41) is 18.2. The molecule has 0 saturated carbocycles. The summed E-state index contributed by atoms with van der Waals surface area (Å²) in [4.78, 5) is 7.83. The van der Waals surface area contributed by atoms with E-state index < -0.39 is 0 Å². The van der Waals surface area contributed by atoms with Gasteiger partial charge in [0.2, 0.25) is 0 Å². The fourth-order valence-electron chi connectivity index (χ4n) is 6.02. The van der Waals surface area contributed by atoms with E-state index >= 15 is 0 Å². The van der Waals surface area contributed by atoms with Crippen molar-refractivity contribution in [2.45, 2.75) is 169 Å². The van der Waals surface area contributed by atoms with Crippen LogP contribution in [-0.2, 0) is 6.42 Å². The van der Waals surface area contributed by atoms with Gasteiger partial charge in [0.1, 0.15) is 5.82 Å². The molecule has 2 unspecified atom stereocenters. The quantitative estimate of drug-likeness (QED) is 0.0431. The lowest BCUT2D eigenvalue weighted by atomic mass is 9.97. The van der Waals surface area contributed by atoms with Crippen LogP contribution in [0, 0.1) is 39.4 Å². The van der Waals surface area contributed by atoms with Gasteiger partial charge in [-0.2, -0.15) is 10.2 Å². The zero-order valence-corrected chi connectivity index (χ0v) is 46.0. The fraction of sp³-hybridized carbons (Fsp3) is 0.526. The maximum atomic E-state index is 13.5. The molecule has 0 spiro atoms. The number of nitrogens with one attached hydrogen (secondary N) is 3. The van der Waals surface area contributed by atoms with Crippen molar-refractivity contribution in [1.29, 1.82) is 0 Å². The average molecular weight is 918 g/mol. The van der Waals surface area contributed by atoms with Gasteiger partial charge in [-0.1, -0.05) is 137 Å². The maximum Gasteiger partial charge on any atom is 0.125 e. The summed E-state index contributed by atoms with van der Waals surface area (Å²) in [5.74, 6) is 0.354. The number of anilines is 1. The molecule has 3 aromatic rings. The Hall–Kier alpha value is -4.40. The van der Waals surface area contributed by atoms with Crippen molar-refractivity contribution < 1.29 is 4.39 Å². The van der Waals surface area contributed by atoms with Crippen LogP contribution in [0.1, 0.15) is 172 Å². The lowest BCUT2D eigenvalue weighted by Gasteiger charge is -2.15. The number of thiophene rings is 1. The highest BCUT2D eigenvalue weighted by Crippen LogP contribution is 2.30. The Labute approximate surface area is 405 Å². The summed E-state index contributed by atoms with van der Waals surface area (Å²) < 4.78 is 13.5. The predicted molar refractivity (Wildman–Crippen MR) is 300 cm³/mol. The number of benzene rings is 2. The lowest BCUT2D eigenvalue weighted by molar-refractivity contribution is 0.589. The lowest BCUT2D eigenvalue weighted by Crippen LogP contribution is -2.19. The fourth-order valence-corrected chi connectivity index (χ4v) is 7.09. The smallest absolute Gasteiger partial charge is 0.125 e. The molecule has 2 aromatic carbocycles. The minimum atomic E-state index is -0.204. The number of hydrogen-bond acceptors (Lipinski definition) is 7. The molecule has 1 heterocycles. The summed E-state index contributed by atoms with van der Waals surface area (Å²) >= 11 is 1.83. The second kappa shape index (κ2) is 43.5. The van der Waals surface area contributed by atoms with Gasteiger partial charge >= 0.3 is 0 Å². The monoisotopic (exact) mass is 917 g/mol. The van der Waals surface area contributed by atoms with Gasteiger partial charge in [0.15, 0.2) is 0 Å². The summed E-state index contributed by atoms with van der Waals surface area (Å²) in [6.45, 7) is 51.9. The zero-order chi connectivity index (χ0) is 50.9. The van der Waals surface area contributed by atoms with Crippen molar-refractivity contribution in [2.24, 2.45) is 21.1 Å². The van der Waals surface area contributed by atoms with Gasteiger partial charge in [0, 0.05) is 51.6 Å². The molecule has 2 atom stereocenters. The van der Waals surface area contributed by atoms with E-state index in [2.05, 4.69) is 118 Å². The number of nitrogens with zero attached hydrogens (tertiary/aromatic N) is 3. The van der Waals surface area contributed by atoms with E-state index in [1.807, 2.05) is 114 Å². The molecule has 65 heavy (non-hydrogen) atoms. The van der Waals surface area contributed by atoms with Gasteiger partial charge in [-0.25, -0.2) is 4.39 Å². The highest BCUT2D eigenvalue weighted by Gasteiger charge is 2.20. The van der Waals surface area contributed by atoms with E-state index in [0.29, 0.717) is 5.92 Å². The van der Waals surface area contributed by atoms with Crippen LogP contribution in [0.3, 0.4) is 0 Å². The molecular weight excluding hydrogens is 820 g/mol. The number of aliphatic imine (C=N–C) groups is 1. The molecule has 0 aliphatic carbocycles. The van der Waals surface area contributed by atoms with E-state index in [4.69, 9.17) is 4.99 Å². The summed E-state index contributed by atoms with van der Waals surface area (Å²) in [7, 11) is 3.88. The Kier molecular flexibility index (Phi) is 45.0. The topological polar surface area (TPSA) is 73.2 Å². The summed E-state index contributed by atoms with van der Waals surface area (Å²) in [6.07, 6.45) is 12.9. The largest absolute Gasteiger partial charge is 0.392 e. The second-order valence-electron chi connectivity index (χ2n) is 14.6. The number of halogens is 1. The molecule has 0 saturated heterocycles.